The molecule has 0 atom stereocenters. The Bertz CT molecular complexity index is 982. The van der Waals surface area contributed by atoms with E-state index in [4.69, 9.17) is 0 Å². The fourth-order valence-electron chi connectivity index (χ4n) is 2.07. The monoisotopic (exact) mass is 458 g/mol. The fraction of sp³-hybridized carbons (Fsp3) is 0.0625. The number of carbonyl (C=O) groups excluding carboxylic acids is 2. The predicted octanol–water partition coefficient (Wildman–Crippen LogP) is 3.79. The number of halogens is 4. The lowest BCUT2D eigenvalue weighted by Gasteiger charge is -2.07. The first-order valence-corrected chi connectivity index (χ1v) is 8.94. The molecule has 0 radical (unpaired) electrons. The van der Waals surface area contributed by atoms with Crippen LogP contribution in [0.25, 0.3) is 5.69 Å². The first-order valence-electron chi connectivity index (χ1n) is 7.33. The Morgan fingerprint density at radius 3 is 2.22 bits per heavy atom. The highest BCUT2D eigenvalue weighted by atomic mass is 79.9. The second-order valence-electron chi connectivity index (χ2n) is 5.20. The van der Waals surface area contributed by atoms with Crippen LogP contribution in [0.5, 0.6) is 0 Å². The molecule has 3 rings (SSSR count). The quantitative estimate of drug-likeness (QED) is 0.586. The highest BCUT2D eigenvalue weighted by Crippen LogP contribution is 2.27. The van der Waals surface area contributed by atoms with Crippen molar-refractivity contribution < 1.29 is 22.8 Å². The van der Waals surface area contributed by atoms with Crippen molar-refractivity contribution in [3.05, 3.63) is 68.6 Å². The topological polar surface area (TPSA) is 76.0 Å². The summed E-state index contributed by atoms with van der Waals surface area (Å²) in [5.74, 6) is -1.03. The van der Waals surface area contributed by atoms with Crippen molar-refractivity contribution in [2.75, 3.05) is 0 Å². The van der Waals surface area contributed by atoms with Gasteiger partial charge < -0.3 is 0 Å². The molecule has 0 spiro atoms. The molecule has 2 heterocycles. The molecule has 27 heavy (non-hydrogen) atoms. The maximum absolute atomic E-state index is 12.6. The molecule has 0 bridgehead atoms. The number of rotatable bonds is 3. The van der Waals surface area contributed by atoms with Crippen LogP contribution in [0.4, 0.5) is 13.2 Å². The van der Waals surface area contributed by atoms with Gasteiger partial charge in [-0.25, -0.2) is 4.68 Å². The van der Waals surface area contributed by atoms with E-state index in [1.807, 2.05) is 0 Å². The summed E-state index contributed by atoms with van der Waals surface area (Å²) in [5.41, 5.74) is 4.12. The maximum Gasteiger partial charge on any atom is 0.435 e. The number of carbonyl (C=O) groups is 2. The van der Waals surface area contributed by atoms with Crippen LogP contribution in [0.2, 0.25) is 0 Å². The first-order chi connectivity index (χ1) is 12.7. The standard InChI is InChI=1S/C16H10BrF3N4O2S/c17-13-6-5-11(27-13)15(26)22-21-14(25)9-1-3-10(4-2-9)24-8-7-12(23-24)16(18,19)20/h1-8H,(H,21,25)(H,22,26). The summed E-state index contributed by atoms with van der Waals surface area (Å²) in [4.78, 5) is 24.4. The minimum Gasteiger partial charge on any atom is -0.267 e. The average Bonchev–Trinajstić information content (AvgIpc) is 3.28. The average molecular weight is 459 g/mol. The number of hydrogen-bond acceptors (Lipinski definition) is 4. The number of alkyl halides is 3. The molecule has 1 aromatic carbocycles. The summed E-state index contributed by atoms with van der Waals surface area (Å²) in [5, 5.41) is 3.45. The van der Waals surface area contributed by atoms with Crippen LogP contribution in [0.3, 0.4) is 0 Å². The van der Waals surface area contributed by atoms with Gasteiger partial charge in [-0.2, -0.15) is 18.3 Å². The van der Waals surface area contributed by atoms with Gasteiger partial charge in [0.1, 0.15) is 0 Å². The summed E-state index contributed by atoms with van der Waals surface area (Å²) >= 11 is 4.45. The fourth-order valence-corrected chi connectivity index (χ4v) is 3.35. The Balaban J connectivity index is 1.63. The molecule has 2 N–H and O–H groups in total. The van der Waals surface area contributed by atoms with Crippen molar-refractivity contribution in [3.8, 4) is 5.69 Å². The number of amides is 2. The third-order valence-corrected chi connectivity index (χ3v) is 4.98. The summed E-state index contributed by atoms with van der Waals surface area (Å²) in [7, 11) is 0. The molecule has 3 aromatic rings. The zero-order valence-electron chi connectivity index (χ0n) is 13.2. The van der Waals surface area contributed by atoms with E-state index in [1.165, 1.54) is 41.8 Å². The highest BCUT2D eigenvalue weighted by molar-refractivity contribution is 9.11. The molecule has 140 valence electrons. The lowest BCUT2D eigenvalue weighted by Crippen LogP contribution is -2.41. The lowest BCUT2D eigenvalue weighted by atomic mass is 10.2. The Kier molecular flexibility index (Phi) is 5.33. The molecule has 11 heteroatoms. The second kappa shape index (κ2) is 7.53. The van der Waals surface area contributed by atoms with Crippen molar-refractivity contribution in [3.63, 3.8) is 0 Å². The Hall–Kier alpha value is -2.66. The van der Waals surface area contributed by atoms with Gasteiger partial charge in [0.05, 0.1) is 14.4 Å². The first kappa shape index (κ1) is 19.1. The minimum absolute atomic E-state index is 0.217. The number of nitrogens with zero attached hydrogens (tertiary/aromatic N) is 2. The van der Waals surface area contributed by atoms with E-state index in [1.54, 1.807) is 12.1 Å². The van der Waals surface area contributed by atoms with Crippen molar-refractivity contribution in [2.24, 2.45) is 0 Å². The number of hydrazine groups is 1. The van der Waals surface area contributed by atoms with Crippen molar-refractivity contribution in [2.45, 2.75) is 6.18 Å². The molecule has 2 aromatic heterocycles. The molecule has 0 saturated carbocycles. The summed E-state index contributed by atoms with van der Waals surface area (Å²) in [6.45, 7) is 0. The molecule has 6 nitrogen and oxygen atoms in total. The van der Waals surface area contributed by atoms with E-state index in [2.05, 4.69) is 31.9 Å². The number of benzene rings is 1. The van der Waals surface area contributed by atoms with Crippen LogP contribution in [-0.4, -0.2) is 21.6 Å². The van der Waals surface area contributed by atoms with E-state index in [0.29, 0.717) is 10.6 Å². The van der Waals surface area contributed by atoms with Gasteiger partial charge in [-0.15, -0.1) is 11.3 Å². The van der Waals surface area contributed by atoms with E-state index < -0.39 is 23.7 Å². The zero-order valence-corrected chi connectivity index (χ0v) is 15.7. The van der Waals surface area contributed by atoms with Gasteiger partial charge in [-0.05, 0) is 58.4 Å². The molecule has 0 aliphatic rings. The van der Waals surface area contributed by atoms with Gasteiger partial charge in [-0.1, -0.05) is 0 Å². The van der Waals surface area contributed by atoms with Crippen LogP contribution >= 0.6 is 27.3 Å². The van der Waals surface area contributed by atoms with E-state index in [-0.39, 0.29) is 5.56 Å². The van der Waals surface area contributed by atoms with E-state index >= 15 is 0 Å². The number of hydrogen-bond donors (Lipinski definition) is 2. The molecule has 0 aliphatic carbocycles. The second-order valence-corrected chi connectivity index (χ2v) is 7.67. The number of nitrogens with one attached hydrogen (secondary N) is 2. The van der Waals surface area contributed by atoms with Crippen molar-refractivity contribution >= 4 is 39.1 Å². The SMILES string of the molecule is O=C(NNC(=O)c1ccc(Br)s1)c1ccc(-n2ccc(C(F)(F)F)n2)cc1. The normalized spacial score (nSPS) is 11.3. The van der Waals surface area contributed by atoms with Crippen LogP contribution in [0, 0.1) is 0 Å². The number of aromatic nitrogens is 2. The summed E-state index contributed by atoms with van der Waals surface area (Å²) < 4.78 is 39.6. The van der Waals surface area contributed by atoms with E-state index in [9.17, 15) is 22.8 Å². The molecule has 0 unspecified atom stereocenters. The van der Waals surface area contributed by atoms with Crippen molar-refractivity contribution in [1.82, 2.24) is 20.6 Å². The summed E-state index contributed by atoms with van der Waals surface area (Å²) in [6.07, 6.45) is -3.35. The van der Waals surface area contributed by atoms with Gasteiger partial charge in [0.15, 0.2) is 5.69 Å². The molecule has 2 amide bonds. The Labute approximate surface area is 163 Å². The van der Waals surface area contributed by atoms with Crippen LogP contribution < -0.4 is 10.9 Å². The van der Waals surface area contributed by atoms with Gasteiger partial charge in [0.25, 0.3) is 11.8 Å². The van der Waals surface area contributed by atoms with Gasteiger partial charge in [0, 0.05) is 11.8 Å². The third-order valence-electron chi connectivity index (χ3n) is 3.36. The Morgan fingerprint density at radius 2 is 1.67 bits per heavy atom. The van der Waals surface area contributed by atoms with Crippen LogP contribution in [-0.2, 0) is 6.18 Å². The summed E-state index contributed by atoms with van der Waals surface area (Å²) in [6, 6.07) is 9.88. The zero-order chi connectivity index (χ0) is 19.6. The van der Waals surface area contributed by atoms with E-state index in [0.717, 1.165) is 14.5 Å². The van der Waals surface area contributed by atoms with Crippen molar-refractivity contribution in [1.29, 1.82) is 0 Å². The molecule has 0 saturated heterocycles. The van der Waals surface area contributed by atoms with Crippen LogP contribution in [0.15, 0.2) is 52.4 Å². The highest BCUT2D eigenvalue weighted by Gasteiger charge is 2.33. The van der Waals surface area contributed by atoms with Crippen LogP contribution in [0.1, 0.15) is 25.7 Å². The third kappa shape index (κ3) is 4.55. The van der Waals surface area contributed by atoms with Gasteiger partial charge >= 0.3 is 6.18 Å². The molecular weight excluding hydrogens is 449 g/mol. The maximum atomic E-state index is 12.6. The minimum atomic E-state index is -4.53. The smallest absolute Gasteiger partial charge is 0.267 e. The lowest BCUT2D eigenvalue weighted by molar-refractivity contribution is -0.141. The largest absolute Gasteiger partial charge is 0.435 e. The molecular formula is C16H10BrF3N4O2S. The predicted molar refractivity (Wildman–Crippen MR) is 95.5 cm³/mol. The Morgan fingerprint density at radius 1 is 1.00 bits per heavy atom. The molecule has 0 aliphatic heterocycles. The van der Waals surface area contributed by atoms with Gasteiger partial charge in [0.2, 0.25) is 0 Å². The molecule has 0 fully saturated rings. The number of thiophene rings is 1. The van der Waals surface area contributed by atoms with Gasteiger partial charge in [-0.3, -0.25) is 20.4 Å².